The highest BCUT2D eigenvalue weighted by Crippen LogP contribution is 2.11. The first-order valence-corrected chi connectivity index (χ1v) is 8.15. The Hall–Kier alpha value is -1.96. The number of rotatable bonds is 6. The summed E-state index contributed by atoms with van der Waals surface area (Å²) < 4.78 is 1.78. The molecule has 7 nitrogen and oxygen atoms in total. The van der Waals surface area contributed by atoms with Gasteiger partial charge in [0.05, 0.1) is 11.6 Å². The summed E-state index contributed by atoms with van der Waals surface area (Å²) in [4.78, 5) is 16.6. The van der Waals surface area contributed by atoms with Gasteiger partial charge < -0.3 is 10.2 Å². The lowest BCUT2D eigenvalue weighted by Crippen LogP contribution is -2.39. The van der Waals surface area contributed by atoms with E-state index in [-0.39, 0.29) is 0 Å². The van der Waals surface area contributed by atoms with Crippen LogP contribution in [0.4, 0.5) is 0 Å². The maximum absolute atomic E-state index is 4.67. The van der Waals surface area contributed by atoms with Crippen LogP contribution in [0.15, 0.2) is 17.5 Å². The molecule has 0 unspecified atom stereocenters. The minimum atomic E-state index is 0.665. The summed E-state index contributed by atoms with van der Waals surface area (Å²) in [5.41, 5.74) is 0. The molecule has 1 N–H and O–H groups in total. The summed E-state index contributed by atoms with van der Waals surface area (Å²) >= 11 is 1.73. The highest BCUT2D eigenvalue weighted by Gasteiger charge is 2.09. The van der Waals surface area contributed by atoms with Crippen LogP contribution in [-0.4, -0.2) is 50.7 Å². The zero-order valence-corrected chi connectivity index (χ0v) is 14.4. The average molecular weight is 321 g/mol. The molecule has 0 amide bonds. The van der Waals surface area contributed by atoms with Crippen LogP contribution in [0.1, 0.15) is 22.6 Å². The van der Waals surface area contributed by atoms with Crippen molar-refractivity contribution in [3.05, 3.63) is 28.2 Å². The predicted molar refractivity (Wildman–Crippen MR) is 89.0 cm³/mol. The SMILES string of the molecule is CCNC(=NCCc1ncc(C)s1)N(C)Cc1ncnn1C. The second-order valence-electron chi connectivity index (χ2n) is 5.01. The molecule has 2 aromatic rings. The van der Waals surface area contributed by atoms with Gasteiger partial charge in [0.25, 0.3) is 0 Å². The van der Waals surface area contributed by atoms with Crippen LogP contribution in [0.2, 0.25) is 0 Å². The third-order valence-corrected chi connectivity index (χ3v) is 4.11. The van der Waals surface area contributed by atoms with Crippen LogP contribution in [0.3, 0.4) is 0 Å². The van der Waals surface area contributed by atoms with Crippen molar-refractivity contribution < 1.29 is 0 Å². The van der Waals surface area contributed by atoms with Crippen molar-refractivity contribution >= 4 is 17.3 Å². The Bertz CT molecular complexity index is 616. The quantitative estimate of drug-likeness (QED) is 0.640. The maximum Gasteiger partial charge on any atom is 0.194 e. The van der Waals surface area contributed by atoms with E-state index in [4.69, 9.17) is 0 Å². The molecule has 0 aliphatic carbocycles. The van der Waals surface area contributed by atoms with Crippen molar-refractivity contribution in [2.75, 3.05) is 20.1 Å². The molecule has 2 rings (SSSR count). The Morgan fingerprint density at radius 3 is 2.86 bits per heavy atom. The summed E-state index contributed by atoms with van der Waals surface area (Å²) in [5.74, 6) is 1.78. The lowest BCUT2D eigenvalue weighted by Gasteiger charge is -2.21. The van der Waals surface area contributed by atoms with E-state index in [1.54, 1.807) is 22.3 Å². The third-order valence-electron chi connectivity index (χ3n) is 3.14. The molecule has 2 heterocycles. The molecule has 0 fully saturated rings. The monoisotopic (exact) mass is 321 g/mol. The van der Waals surface area contributed by atoms with Crippen LogP contribution in [-0.2, 0) is 20.0 Å². The van der Waals surface area contributed by atoms with Crippen molar-refractivity contribution in [3.8, 4) is 0 Å². The number of nitrogens with zero attached hydrogens (tertiary/aromatic N) is 6. The minimum absolute atomic E-state index is 0.665. The van der Waals surface area contributed by atoms with E-state index in [9.17, 15) is 0 Å². The van der Waals surface area contributed by atoms with Gasteiger partial charge in [0.2, 0.25) is 0 Å². The Kier molecular flexibility index (Phi) is 5.88. The van der Waals surface area contributed by atoms with Crippen LogP contribution in [0.5, 0.6) is 0 Å². The average Bonchev–Trinajstić information content (AvgIpc) is 3.07. The van der Waals surface area contributed by atoms with E-state index in [0.717, 1.165) is 36.3 Å². The molecule has 0 bridgehead atoms. The number of hydrogen-bond acceptors (Lipinski definition) is 5. The maximum atomic E-state index is 4.67. The molecular formula is C14H23N7S. The lowest BCUT2D eigenvalue weighted by molar-refractivity contribution is 0.448. The molecule has 0 aromatic carbocycles. The summed E-state index contributed by atoms with van der Waals surface area (Å²) in [7, 11) is 3.90. The van der Waals surface area contributed by atoms with E-state index < -0.39 is 0 Å². The highest BCUT2D eigenvalue weighted by atomic mass is 32.1. The van der Waals surface area contributed by atoms with Gasteiger partial charge >= 0.3 is 0 Å². The molecule has 120 valence electrons. The van der Waals surface area contributed by atoms with Crippen molar-refractivity contribution in [2.45, 2.75) is 26.8 Å². The third kappa shape index (κ3) is 4.52. The molecule has 22 heavy (non-hydrogen) atoms. The van der Waals surface area contributed by atoms with Gasteiger partial charge in [-0.3, -0.25) is 9.67 Å². The molecule has 0 atom stereocenters. The molecular weight excluding hydrogens is 298 g/mol. The van der Waals surface area contributed by atoms with Crippen molar-refractivity contribution in [3.63, 3.8) is 0 Å². The number of thiazole rings is 1. The molecule has 2 aromatic heterocycles. The van der Waals surface area contributed by atoms with Gasteiger partial charge in [-0.1, -0.05) is 0 Å². The first-order valence-electron chi connectivity index (χ1n) is 7.33. The number of guanidine groups is 1. The number of aromatic nitrogens is 4. The summed E-state index contributed by atoms with van der Waals surface area (Å²) in [6.07, 6.45) is 4.35. The second kappa shape index (κ2) is 7.88. The Labute approximate surface area is 135 Å². The largest absolute Gasteiger partial charge is 0.357 e. The fraction of sp³-hybridized carbons (Fsp3) is 0.571. The van der Waals surface area contributed by atoms with Crippen LogP contribution in [0, 0.1) is 6.92 Å². The molecule has 0 radical (unpaired) electrons. The van der Waals surface area contributed by atoms with Gasteiger partial charge in [-0.05, 0) is 13.8 Å². The molecule has 8 heteroatoms. The fourth-order valence-electron chi connectivity index (χ4n) is 1.99. The topological polar surface area (TPSA) is 71.2 Å². The van der Waals surface area contributed by atoms with Crippen LogP contribution in [0.25, 0.3) is 0 Å². The lowest BCUT2D eigenvalue weighted by atomic mass is 10.4. The second-order valence-corrected chi connectivity index (χ2v) is 6.33. The number of nitrogens with one attached hydrogen (secondary N) is 1. The Balaban J connectivity index is 1.95. The van der Waals surface area contributed by atoms with Crippen molar-refractivity contribution in [1.82, 2.24) is 30.0 Å². The van der Waals surface area contributed by atoms with Crippen LogP contribution >= 0.6 is 11.3 Å². The molecule has 0 spiro atoms. The van der Waals surface area contributed by atoms with Crippen molar-refractivity contribution in [2.24, 2.45) is 12.0 Å². The molecule has 0 saturated carbocycles. The number of hydrogen-bond donors (Lipinski definition) is 1. The first kappa shape index (κ1) is 16.4. The standard InChI is InChI=1S/C14H23N7S/c1-5-15-14(16-7-6-13-17-8-11(2)22-13)20(3)9-12-18-10-19-21(12)4/h8,10H,5-7,9H2,1-4H3,(H,15,16). The van der Waals surface area contributed by atoms with E-state index in [0.29, 0.717) is 6.54 Å². The van der Waals surface area contributed by atoms with Crippen molar-refractivity contribution in [1.29, 1.82) is 0 Å². The van der Waals surface area contributed by atoms with Gasteiger partial charge in [-0.15, -0.1) is 11.3 Å². The van der Waals surface area contributed by atoms with Gasteiger partial charge in [-0.2, -0.15) is 5.10 Å². The number of aliphatic imine (C=N–C) groups is 1. The van der Waals surface area contributed by atoms with Gasteiger partial charge in [0, 0.05) is 44.7 Å². The molecule has 0 saturated heterocycles. The Morgan fingerprint density at radius 1 is 1.45 bits per heavy atom. The van der Waals surface area contributed by atoms with Gasteiger partial charge in [-0.25, -0.2) is 9.97 Å². The fourth-order valence-corrected chi connectivity index (χ4v) is 2.77. The van der Waals surface area contributed by atoms with Gasteiger partial charge in [0.1, 0.15) is 12.2 Å². The van der Waals surface area contributed by atoms with E-state index in [1.165, 1.54) is 4.88 Å². The summed E-state index contributed by atoms with van der Waals surface area (Å²) in [6.45, 7) is 6.36. The van der Waals surface area contributed by atoms with E-state index >= 15 is 0 Å². The summed E-state index contributed by atoms with van der Waals surface area (Å²) in [6, 6.07) is 0. The van der Waals surface area contributed by atoms with Gasteiger partial charge in [0.15, 0.2) is 5.96 Å². The normalized spacial score (nSPS) is 11.7. The van der Waals surface area contributed by atoms with E-state index in [1.807, 2.05) is 20.3 Å². The first-order chi connectivity index (χ1) is 10.6. The summed E-state index contributed by atoms with van der Waals surface area (Å²) in [5, 5.41) is 8.53. The predicted octanol–water partition coefficient (Wildman–Crippen LogP) is 1.22. The smallest absolute Gasteiger partial charge is 0.194 e. The molecule has 0 aliphatic heterocycles. The molecule has 0 aliphatic rings. The highest BCUT2D eigenvalue weighted by molar-refractivity contribution is 7.11. The van der Waals surface area contributed by atoms with E-state index in [2.05, 4.69) is 44.1 Å². The Morgan fingerprint density at radius 2 is 2.27 bits per heavy atom. The zero-order valence-electron chi connectivity index (χ0n) is 13.6. The minimum Gasteiger partial charge on any atom is -0.357 e. The number of aryl methyl sites for hydroxylation is 2. The van der Waals surface area contributed by atoms with Crippen LogP contribution < -0.4 is 5.32 Å². The zero-order chi connectivity index (χ0) is 15.9.